The third kappa shape index (κ3) is 4.46. The molecule has 2 aromatic carbocycles. The van der Waals surface area contributed by atoms with Crippen LogP contribution in [0.1, 0.15) is 42.0 Å². The van der Waals surface area contributed by atoms with Gasteiger partial charge in [-0.05, 0) is 68.4 Å². The molecule has 138 valence electrons. The van der Waals surface area contributed by atoms with Crippen LogP contribution < -0.4 is 10.2 Å². The lowest BCUT2D eigenvalue weighted by atomic mass is 10.0. The standard InChI is InChI=1S/C23H30N2O/c1-17-9-10-20(15-18(17)2)11-12-23(26)24-13-6-14-25-19(3)16-21-7-4-5-8-22(21)25/h4-5,7-10,15,19H,6,11-14,16H2,1-3H3,(H,24,26)/t19-/m0/s1. The lowest BCUT2D eigenvalue weighted by Gasteiger charge is -2.24. The molecule has 0 aliphatic carbocycles. The maximum atomic E-state index is 12.1. The topological polar surface area (TPSA) is 32.3 Å². The first-order valence-electron chi connectivity index (χ1n) is 9.72. The van der Waals surface area contributed by atoms with Crippen molar-refractivity contribution in [1.82, 2.24) is 5.32 Å². The van der Waals surface area contributed by atoms with Gasteiger partial charge in [0.25, 0.3) is 0 Å². The lowest BCUT2D eigenvalue weighted by Crippen LogP contribution is -2.33. The molecule has 0 saturated carbocycles. The summed E-state index contributed by atoms with van der Waals surface area (Å²) in [6, 6.07) is 15.7. The molecule has 0 aromatic heterocycles. The average molecular weight is 351 g/mol. The van der Waals surface area contributed by atoms with Gasteiger partial charge in [-0.15, -0.1) is 0 Å². The smallest absolute Gasteiger partial charge is 0.220 e. The Morgan fingerprint density at radius 2 is 1.96 bits per heavy atom. The summed E-state index contributed by atoms with van der Waals surface area (Å²) < 4.78 is 0. The van der Waals surface area contributed by atoms with Crippen LogP contribution in [-0.4, -0.2) is 25.0 Å². The number of hydrogen-bond acceptors (Lipinski definition) is 2. The molecule has 1 N–H and O–H groups in total. The van der Waals surface area contributed by atoms with E-state index in [2.05, 4.69) is 73.5 Å². The number of benzene rings is 2. The normalized spacial score (nSPS) is 15.8. The van der Waals surface area contributed by atoms with Crippen LogP contribution in [0, 0.1) is 13.8 Å². The first kappa shape index (κ1) is 18.5. The first-order chi connectivity index (χ1) is 12.5. The zero-order valence-electron chi connectivity index (χ0n) is 16.2. The van der Waals surface area contributed by atoms with Crippen LogP contribution >= 0.6 is 0 Å². The van der Waals surface area contributed by atoms with Gasteiger partial charge < -0.3 is 10.2 Å². The highest BCUT2D eigenvalue weighted by Crippen LogP contribution is 2.31. The lowest BCUT2D eigenvalue weighted by molar-refractivity contribution is -0.121. The average Bonchev–Trinajstić information content (AvgIpc) is 2.95. The fraction of sp³-hybridized carbons (Fsp3) is 0.435. The highest BCUT2D eigenvalue weighted by Gasteiger charge is 2.24. The van der Waals surface area contributed by atoms with Crippen LogP contribution in [0.3, 0.4) is 0 Å². The molecular formula is C23H30N2O. The van der Waals surface area contributed by atoms with Crippen LogP contribution in [-0.2, 0) is 17.6 Å². The number of aryl methyl sites for hydroxylation is 3. The molecular weight excluding hydrogens is 320 g/mol. The van der Waals surface area contributed by atoms with Crippen molar-refractivity contribution < 1.29 is 4.79 Å². The Balaban J connectivity index is 1.38. The molecule has 26 heavy (non-hydrogen) atoms. The Morgan fingerprint density at radius 1 is 1.15 bits per heavy atom. The predicted octanol–water partition coefficient (Wildman–Crippen LogP) is 4.19. The van der Waals surface area contributed by atoms with E-state index in [-0.39, 0.29) is 5.91 Å². The number of carbonyl (C=O) groups excluding carboxylic acids is 1. The monoisotopic (exact) mass is 350 g/mol. The number of anilines is 1. The molecule has 0 unspecified atom stereocenters. The minimum atomic E-state index is 0.151. The third-order valence-electron chi connectivity index (χ3n) is 5.46. The Bertz CT molecular complexity index is 769. The van der Waals surface area contributed by atoms with E-state index in [1.54, 1.807) is 0 Å². The van der Waals surface area contributed by atoms with Crippen molar-refractivity contribution in [3.8, 4) is 0 Å². The number of nitrogens with zero attached hydrogens (tertiary/aromatic N) is 1. The maximum Gasteiger partial charge on any atom is 0.220 e. The van der Waals surface area contributed by atoms with E-state index in [4.69, 9.17) is 0 Å². The zero-order valence-corrected chi connectivity index (χ0v) is 16.2. The summed E-state index contributed by atoms with van der Waals surface area (Å²) in [5.41, 5.74) is 6.64. The molecule has 1 aliphatic rings. The molecule has 0 fully saturated rings. The molecule has 1 amide bonds. The SMILES string of the molecule is Cc1ccc(CCC(=O)NCCCN2c3ccccc3C[C@@H]2C)cc1C. The first-order valence-corrected chi connectivity index (χ1v) is 9.72. The van der Waals surface area contributed by atoms with Gasteiger partial charge in [-0.3, -0.25) is 4.79 Å². The highest BCUT2D eigenvalue weighted by molar-refractivity contribution is 5.76. The number of carbonyl (C=O) groups is 1. The minimum Gasteiger partial charge on any atom is -0.368 e. The Kier molecular flexibility index (Phi) is 5.97. The van der Waals surface area contributed by atoms with Crippen molar-refractivity contribution in [2.75, 3.05) is 18.0 Å². The van der Waals surface area contributed by atoms with Crippen LogP contribution in [0.25, 0.3) is 0 Å². The number of amides is 1. The summed E-state index contributed by atoms with van der Waals surface area (Å²) >= 11 is 0. The van der Waals surface area contributed by atoms with Crippen LogP contribution in [0.5, 0.6) is 0 Å². The number of fused-ring (bicyclic) bond motifs is 1. The van der Waals surface area contributed by atoms with E-state index in [1.807, 2.05) is 0 Å². The summed E-state index contributed by atoms with van der Waals surface area (Å²) in [7, 11) is 0. The van der Waals surface area contributed by atoms with Crippen molar-refractivity contribution >= 4 is 11.6 Å². The summed E-state index contributed by atoms with van der Waals surface area (Å²) in [6.07, 6.45) is 3.47. The van der Waals surface area contributed by atoms with Crippen LogP contribution in [0.4, 0.5) is 5.69 Å². The van der Waals surface area contributed by atoms with Gasteiger partial charge in [-0.2, -0.15) is 0 Å². The van der Waals surface area contributed by atoms with Gasteiger partial charge in [0, 0.05) is 31.2 Å². The second-order valence-corrected chi connectivity index (χ2v) is 7.50. The number of rotatable bonds is 7. The van der Waals surface area contributed by atoms with E-state index in [1.165, 1.54) is 27.9 Å². The molecule has 3 rings (SSSR count). The van der Waals surface area contributed by atoms with Gasteiger partial charge in [-0.1, -0.05) is 36.4 Å². The Hall–Kier alpha value is -2.29. The number of nitrogens with one attached hydrogen (secondary N) is 1. The number of para-hydroxylation sites is 1. The zero-order chi connectivity index (χ0) is 18.5. The van der Waals surface area contributed by atoms with Gasteiger partial charge in [0.1, 0.15) is 0 Å². The molecule has 0 radical (unpaired) electrons. The summed E-state index contributed by atoms with van der Waals surface area (Å²) in [5.74, 6) is 0.151. The van der Waals surface area contributed by atoms with Crippen molar-refractivity contribution in [3.05, 3.63) is 64.7 Å². The summed E-state index contributed by atoms with van der Waals surface area (Å²) in [5, 5.41) is 3.08. The van der Waals surface area contributed by atoms with Gasteiger partial charge >= 0.3 is 0 Å². The fourth-order valence-corrected chi connectivity index (χ4v) is 3.75. The van der Waals surface area contributed by atoms with Crippen molar-refractivity contribution in [1.29, 1.82) is 0 Å². The molecule has 1 heterocycles. The maximum absolute atomic E-state index is 12.1. The Morgan fingerprint density at radius 3 is 2.77 bits per heavy atom. The molecule has 0 saturated heterocycles. The fourth-order valence-electron chi connectivity index (χ4n) is 3.75. The van der Waals surface area contributed by atoms with E-state index in [0.717, 1.165) is 32.4 Å². The van der Waals surface area contributed by atoms with E-state index >= 15 is 0 Å². The van der Waals surface area contributed by atoms with Gasteiger partial charge in [0.2, 0.25) is 5.91 Å². The van der Waals surface area contributed by atoms with Crippen molar-refractivity contribution in [3.63, 3.8) is 0 Å². The molecule has 3 heteroatoms. The third-order valence-corrected chi connectivity index (χ3v) is 5.46. The summed E-state index contributed by atoms with van der Waals surface area (Å²) in [4.78, 5) is 14.6. The van der Waals surface area contributed by atoms with E-state index in [0.29, 0.717) is 12.5 Å². The Labute approximate surface area is 157 Å². The second kappa shape index (κ2) is 8.39. The second-order valence-electron chi connectivity index (χ2n) is 7.50. The molecule has 1 atom stereocenters. The van der Waals surface area contributed by atoms with E-state index < -0.39 is 0 Å². The van der Waals surface area contributed by atoms with Crippen molar-refractivity contribution in [2.45, 2.75) is 52.5 Å². The van der Waals surface area contributed by atoms with Crippen molar-refractivity contribution in [2.24, 2.45) is 0 Å². The number of hydrogen-bond donors (Lipinski definition) is 1. The summed E-state index contributed by atoms with van der Waals surface area (Å²) in [6.45, 7) is 8.26. The van der Waals surface area contributed by atoms with Crippen LogP contribution in [0.2, 0.25) is 0 Å². The predicted molar refractivity (Wildman–Crippen MR) is 109 cm³/mol. The molecule has 0 spiro atoms. The van der Waals surface area contributed by atoms with E-state index in [9.17, 15) is 4.79 Å². The highest BCUT2D eigenvalue weighted by atomic mass is 16.1. The molecule has 3 nitrogen and oxygen atoms in total. The largest absolute Gasteiger partial charge is 0.368 e. The van der Waals surface area contributed by atoms with Gasteiger partial charge in [0.15, 0.2) is 0 Å². The molecule has 0 bridgehead atoms. The molecule has 1 aliphatic heterocycles. The van der Waals surface area contributed by atoms with Crippen LogP contribution in [0.15, 0.2) is 42.5 Å². The quantitative estimate of drug-likeness (QED) is 0.759. The molecule has 2 aromatic rings. The minimum absolute atomic E-state index is 0.151. The van der Waals surface area contributed by atoms with Gasteiger partial charge in [0.05, 0.1) is 0 Å². The van der Waals surface area contributed by atoms with Gasteiger partial charge in [-0.25, -0.2) is 0 Å².